The summed E-state index contributed by atoms with van der Waals surface area (Å²) >= 11 is 3.50. The van der Waals surface area contributed by atoms with Crippen LogP contribution in [0, 0.1) is 0 Å². The fourth-order valence-electron chi connectivity index (χ4n) is 1.93. The first-order valence-corrected chi connectivity index (χ1v) is 6.99. The second-order valence-corrected chi connectivity index (χ2v) is 5.20. The summed E-state index contributed by atoms with van der Waals surface area (Å²) in [6, 6.07) is 8.69. The molecule has 2 aromatic rings. The molecule has 0 saturated heterocycles. The van der Waals surface area contributed by atoms with Crippen molar-refractivity contribution in [3.8, 4) is 0 Å². The van der Waals surface area contributed by atoms with Crippen molar-refractivity contribution in [3.63, 3.8) is 0 Å². The third kappa shape index (κ3) is 3.21. The van der Waals surface area contributed by atoms with Crippen LogP contribution in [0.15, 0.2) is 41.1 Å². The van der Waals surface area contributed by atoms with E-state index in [0.717, 1.165) is 23.4 Å². The number of hydrogen-bond donors (Lipinski definition) is 1. The number of hydrogen-bond acceptors (Lipinski definition) is 2. The van der Waals surface area contributed by atoms with E-state index in [-0.39, 0.29) is 0 Å². The lowest BCUT2D eigenvalue weighted by Crippen LogP contribution is -2.20. The Morgan fingerprint density at radius 2 is 2.28 bits per heavy atom. The lowest BCUT2D eigenvalue weighted by atomic mass is 10.1. The van der Waals surface area contributed by atoms with E-state index >= 15 is 0 Å². The molecule has 4 heteroatoms. The van der Waals surface area contributed by atoms with Crippen LogP contribution in [0.25, 0.3) is 0 Å². The van der Waals surface area contributed by atoms with Crippen molar-refractivity contribution >= 4 is 15.9 Å². The minimum absolute atomic E-state index is 0.310. The Kier molecular flexibility index (Phi) is 4.55. The molecular weight excluding hydrogens is 290 g/mol. The predicted octanol–water partition coefficient (Wildman–Crippen LogP) is 3.52. The number of aromatic nitrogens is 2. The van der Waals surface area contributed by atoms with Crippen LogP contribution < -0.4 is 5.32 Å². The number of rotatable bonds is 5. The highest BCUT2D eigenvalue weighted by atomic mass is 79.9. The van der Waals surface area contributed by atoms with Gasteiger partial charge in [0.1, 0.15) is 5.82 Å². The number of imidazole rings is 1. The van der Waals surface area contributed by atoms with Gasteiger partial charge in [0.05, 0.1) is 6.54 Å². The first-order valence-electron chi connectivity index (χ1n) is 6.19. The summed E-state index contributed by atoms with van der Waals surface area (Å²) in [6.45, 7) is 6.04. The number of nitrogens with zero attached hydrogens (tertiary/aromatic N) is 2. The quantitative estimate of drug-likeness (QED) is 0.916. The summed E-state index contributed by atoms with van der Waals surface area (Å²) < 4.78 is 3.27. The molecule has 1 aromatic heterocycles. The van der Waals surface area contributed by atoms with Crippen LogP contribution in [0.3, 0.4) is 0 Å². The van der Waals surface area contributed by atoms with Gasteiger partial charge in [-0.2, -0.15) is 0 Å². The number of nitrogens with one attached hydrogen (secondary N) is 1. The average Bonchev–Trinajstić information content (AvgIpc) is 2.83. The van der Waals surface area contributed by atoms with Crippen LogP contribution >= 0.6 is 15.9 Å². The normalized spacial score (nSPS) is 12.6. The Balaban J connectivity index is 1.98. The monoisotopic (exact) mass is 307 g/mol. The molecule has 18 heavy (non-hydrogen) atoms. The van der Waals surface area contributed by atoms with Gasteiger partial charge in [0.25, 0.3) is 0 Å². The SMILES string of the molecule is CCn1ccnc1CN[C@H](C)c1cccc(Br)c1. The van der Waals surface area contributed by atoms with E-state index in [2.05, 4.69) is 62.8 Å². The first kappa shape index (κ1) is 13.3. The van der Waals surface area contributed by atoms with Gasteiger partial charge in [0, 0.05) is 29.5 Å². The molecule has 1 aromatic carbocycles. The Bertz CT molecular complexity index is 507. The molecule has 0 unspecified atom stereocenters. The zero-order valence-corrected chi connectivity index (χ0v) is 12.3. The summed E-state index contributed by atoms with van der Waals surface area (Å²) in [6.07, 6.45) is 3.87. The van der Waals surface area contributed by atoms with Gasteiger partial charge in [-0.1, -0.05) is 28.1 Å². The zero-order valence-electron chi connectivity index (χ0n) is 10.7. The molecule has 0 bridgehead atoms. The molecule has 0 amide bonds. The van der Waals surface area contributed by atoms with Gasteiger partial charge in [0.2, 0.25) is 0 Å². The van der Waals surface area contributed by atoms with Crippen LogP contribution in [0.5, 0.6) is 0 Å². The average molecular weight is 308 g/mol. The standard InChI is InChI=1S/C14H18BrN3/c1-3-18-8-7-16-14(18)10-17-11(2)12-5-4-6-13(15)9-12/h4-9,11,17H,3,10H2,1-2H3/t11-/m1/s1. The minimum Gasteiger partial charge on any atom is -0.334 e. The highest BCUT2D eigenvalue weighted by molar-refractivity contribution is 9.10. The van der Waals surface area contributed by atoms with Crippen molar-refractivity contribution in [2.45, 2.75) is 33.0 Å². The molecule has 1 heterocycles. The molecule has 0 saturated carbocycles. The van der Waals surface area contributed by atoms with Gasteiger partial charge in [-0.05, 0) is 31.5 Å². The van der Waals surface area contributed by atoms with Crippen molar-refractivity contribution in [1.29, 1.82) is 0 Å². The molecule has 2 rings (SSSR count). The maximum Gasteiger partial charge on any atom is 0.122 e. The lowest BCUT2D eigenvalue weighted by Gasteiger charge is -2.14. The van der Waals surface area contributed by atoms with Gasteiger partial charge in [-0.15, -0.1) is 0 Å². The van der Waals surface area contributed by atoms with E-state index in [1.165, 1.54) is 5.56 Å². The third-order valence-corrected chi connectivity index (χ3v) is 3.55. The molecule has 0 aliphatic heterocycles. The summed E-state index contributed by atoms with van der Waals surface area (Å²) in [5, 5.41) is 3.50. The van der Waals surface area contributed by atoms with Crippen LogP contribution in [-0.4, -0.2) is 9.55 Å². The van der Waals surface area contributed by atoms with Gasteiger partial charge in [-0.25, -0.2) is 4.98 Å². The zero-order chi connectivity index (χ0) is 13.0. The molecule has 0 radical (unpaired) electrons. The number of aryl methyl sites for hydroxylation is 1. The molecule has 3 nitrogen and oxygen atoms in total. The fraction of sp³-hybridized carbons (Fsp3) is 0.357. The maximum absolute atomic E-state index is 4.36. The summed E-state index contributed by atoms with van der Waals surface area (Å²) in [5.74, 6) is 1.08. The van der Waals surface area contributed by atoms with Gasteiger partial charge in [-0.3, -0.25) is 0 Å². The van der Waals surface area contributed by atoms with Crippen molar-refractivity contribution in [1.82, 2.24) is 14.9 Å². The lowest BCUT2D eigenvalue weighted by molar-refractivity contribution is 0.540. The van der Waals surface area contributed by atoms with Crippen LogP contribution in [-0.2, 0) is 13.1 Å². The summed E-state index contributed by atoms with van der Waals surface area (Å²) in [5.41, 5.74) is 1.28. The van der Waals surface area contributed by atoms with E-state index < -0.39 is 0 Å². The highest BCUT2D eigenvalue weighted by Crippen LogP contribution is 2.18. The third-order valence-electron chi connectivity index (χ3n) is 3.06. The predicted molar refractivity (Wildman–Crippen MR) is 77.3 cm³/mol. The Hall–Kier alpha value is -1.13. The fourth-order valence-corrected chi connectivity index (χ4v) is 2.35. The highest BCUT2D eigenvalue weighted by Gasteiger charge is 2.07. The van der Waals surface area contributed by atoms with Crippen LogP contribution in [0.2, 0.25) is 0 Å². The molecule has 0 fully saturated rings. The second-order valence-electron chi connectivity index (χ2n) is 4.29. The number of benzene rings is 1. The molecule has 0 spiro atoms. The topological polar surface area (TPSA) is 29.9 Å². The Morgan fingerprint density at radius 3 is 3.00 bits per heavy atom. The minimum atomic E-state index is 0.310. The molecule has 1 atom stereocenters. The molecule has 1 N–H and O–H groups in total. The van der Waals surface area contributed by atoms with E-state index in [9.17, 15) is 0 Å². The van der Waals surface area contributed by atoms with E-state index in [1.807, 2.05) is 18.5 Å². The molecule has 96 valence electrons. The van der Waals surface area contributed by atoms with Crippen molar-refractivity contribution in [2.24, 2.45) is 0 Å². The van der Waals surface area contributed by atoms with Crippen molar-refractivity contribution in [3.05, 3.63) is 52.5 Å². The largest absolute Gasteiger partial charge is 0.334 e. The van der Waals surface area contributed by atoms with E-state index in [1.54, 1.807) is 0 Å². The number of halogens is 1. The Morgan fingerprint density at radius 1 is 1.44 bits per heavy atom. The second kappa shape index (κ2) is 6.16. The van der Waals surface area contributed by atoms with Crippen molar-refractivity contribution < 1.29 is 0 Å². The first-order chi connectivity index (χ1) is 8.70. The van der Waals surface area contributed by atoms with Crippen molar-refractivity contribution in [2.75, 3.05) is 0 Å². The van der Waals surface area contributed by atoms with Gasteiger partial charge >= 0.3 is 0 Å². The van der Waals surface area contributed by atoms with Crippen LogP contribution in [0.1, 0.15) is 31.3 Å². The maximum atomic E-state index is 4.36. The molecule has 0 aliphatic rings. The summed E-state index contributed by atoms with van der Waals surface area (Å²) in [4.78, 5) is 4.36. The van der Waals surface area contributed by atoms with E-state index in [0.29, 0.717) is 6.04 Å². The van der Waals surface area contributed by atoms with E-state index in [4.69, 9.17) is 0 Å². The summed E-state index contributed by atoms with van der Waals surface area (Å²) in [7, 11) is 0. The van der Waals surface area contributed by atoms with Gasteiger partial charge < -0.3 is 9.88 Å². The smallest absolute Gasteiger partial charge is 0.122 e. The molecular formula is C14H18BrN3. The molecule has 0 aliphatic carbocycles. The van der Waals surface area contributed by atoms with Gasteiger partial charge in [0.15, 0.2) is 0 Å². The van der Waals surface area contributed by atoms with Crippen LogP contribution in [0.4, 0.5) is 0 Å². The Labute approximate surface area is 116 Å².